The van der Waals surface area contributed by atoms with Crippen LogP contribution in [0.2, 0.25) is 0 Å². The molecule has 1 aliphatic heterocycles. The Bertz CT molecular complexity index is 1500. The van der Waals surface area contributed by atoms with Gasteiger partial charge in [-0.25, -0.2) is 9.97 Å². The third-order valence-electron chi connectivity index (χ3n) is 7.04. The number of nitrogens with one attached hydrogen (secondary N) is 2. The number of nitrogens with zero attached hydrogens (tertiary/aromatic N) is 6. The van der Waals surface area contributed by atoms with E-state index in [2.05, 4.69) is 62.1 Å². The van der Waals surface area contributed by atoms with Crippen molar-refractivity contribution in [2.75, 3.05) is 49.3 Å². The maximum Gasteiger partial charge on any atom is 0.247 e. The van der Waals surface area contributed by atoms with Gasteiger partial charge in [0.1, 0.15) is 17.9 Å². The van der Waals surface area contributed by atoms with Gasteiger partial charge in [0, 0.05) is 55.8 Å². The molecule has 1 amide bonds. The molecule has 2 aromatic heterocycles. The van der Waals surface area contributed by atoms with Crippen LogP contribution in [0.1, 0.15) is 6.92 Å². The van der Waals surface area contributed by atoms with Crippen molar-refractivity contribution in [2.45, 2.75) is 13.0 Å². The van der Waals surface area contributed by atoms with Crippen molar-refractivity contribution in [2.24, 2.45) is 7.05 Å². The lowest BCUT2D eigenvalue weighted by Crippen LogP contribution is -2.50. The first-order valence-corrected chi connectivity index (χ1v) is 12.5. The standard InChI is InChI=1S/C28H32N8O2/c1-6-28(37)33-22-12-23(26(38-5)14-25(22)36-10-9-34(3)18(2)16-36)32-27-13-21(29-17-30-27)19-7-8-20-15-31-35(4)24(20)11-19/h6-8,11-15,17-18H,1,9-10,16H2,2-5H3,(H,33,37)(H,29,30,32)/t18-/m0/s1. The zero-order chi connectivity index (χ0) is 26.8. The van der Waals surface area contributed by atoms with E-state index in [-0.39, 0.29) is 5.91 Å². The monoisotopic (exact) mass is 512 g/mol. The number of fused-ring (bicyclic) bond motifs is 1. The third kappa shape index (κ3) is 5.03. The van der Waals surface area contributed by atoms with Gasteiger partial charge in [-0.3, -0.25) is 9.48 Å². The largest absolute Gasteiger partial charge is 0.494 e. The van der Waals surface area contributed by atoms with Gasteiger partial charge in [-0.2, -0.15) is 5.10 Å². The zero-order valence-electron chi connectivity index (χ0n) is 22.1. The van der Waals surface area contributed by atoms with Crippen LogP contribution >= 0.6 is 0 Å². The maximum absolute atomic E-state index is 12.3. The number of anilines is 4. The number of methoxy groups -OCH3 is 1. The number of aromatic nitrogens is 4. The topological polar surface area (TPSA) is 100 Å². The highest BCUT2D eigenvalue weighted by Gasteiger charge is 2.24. The highest BCUT2D eigenvalue weighted by molar-refractivity contribution is 6.02. The van der Waals surface area contributed by atoms with Gasteiger partial charge in [0.15, 0.2) is 0 Å². The molecule has 1 saturated heterocycles. The highest BCUT2D eigenvalue weighted by Crippen LogP contribution is 2.39. The summed E-state index contributed by atoms with van der Waals surface area (Å²) in [7, 11) is 5.68. The zero-order valence-corrected chi connectivity index (χ0v) is 22.1. The first-order valence-electron chi connectivity index (χ1n) is 12.5. The van der Waals surface area contributed by atoms with E-state index in [1.165, 1.54) is 12.4 Å². The Morgan fingerprint density at radius 1 is 1.13 bits per heavy atom. The number of aryl methyl sites for hydroxylation is 1. The Morgan fingerprint density at radius 3 is 2.74 bits per heavy atom. The summed E-state index contributed by atoms with van der Waals surface area (Å²) in [5.41, 5.74) is 4.99. The molecule has 10 nitrogen and oxygen atoms in total. The number of carbonyl (C=O) groups excluding carboxylic acids is 1. The molecule has 4 aromatic rings. The normalized spacial score (nSPS) is 15.9. The maximum atomic E-state index is 12.3. The molecule has 0 bridgehead atoms. The van der Waals surface area contributed by atoms with Crippen LogP contribution in [-0.2, 0) is 11.8 Å². The molecule has 3 heterocycles. The quantitative estimate of drug-likeness (QED) is 0.358. The molecule has 2 N–H and O–H groups in total. The second kappa shape index (κ2) is 10.5. The molecule has 0 saturated carbocycles. The predicted molar refractivity (Wildman–Crippen MR) is 151 cm³/mol. The summed E-state index contributed by atoms with van der Waals surface area (Å²) in [6, 6.07) is 12.2. The number of hydrogen-bond donors (Lipinski definition) is 2. The van der Waals surface area contributed by atoms with Crippen molar-refractivity contribution in [3.63, 3.8) is 0 Å². The van der Waals surface area contributed by atoms with Crippen LogP contribution in [0.3, 0.4) is 0 Å². The van der Waals surface area contributed by atoms with Crippen molar-refractivity contribution in [3.05, 3.63) is 61.6 Å². The van der Waals surface area contributed by atoms with Gasteiger partial charge in [0.05, 0.1) is 41.6 Å². The Labute approximate surface area is 221 Å². The minimum atomic E-state index is -0.278. The van der Waals surface area contributed by atoms with Gasteiger partial charge < -0.3 is 25.2 Å². The highest BCUT2D eigenvalue weighted by atomic mass is 16.5. The number of carbonyl (C=O) groups is 1. The summed E-state index contributed by atoms with van der Waals surface area (Å²) in [6.07, 6.45) is 4.63. The SMILES string of the molecule is C=CC(=O)Nc1cc(Nc2cc(-c3ccc4cnn(C)c4c3)ncn2)c(OC)cc1N1CCN(C)[C@@H](C)C1. The number of hydrogen-bond acceptors (Lipinski definition) is 8. The molecule has 5 rings (SSSR count). The first-order chi connectivity index (χ1) is 18.4. The number of likely N-dealkylation sites (N-methyl/N-ethyl adjacent to an activating group) is 1. The average Bonchev–Trinajstić information content (AvgIpc) is 3.30. The number of ether oxygens (including phenoxy) is 1. The molecule has 1 fully saturated rings. The van der Waals surface area contributed by atoms with E-state index in [4.69, 9.17) is 4.74 Å². The molecule has 0 unspecified atom stereocenters. The van der Waals surface area contributed by atoms with Gasteiger partial charge in [-0.1, -0.05) is 18.7 Å². The summed E-state index contributed by atoms with van der Waals surface area (Å²) in [6.45, 7) is 8.40. The lowest BCUT2D eigenvalue weighted by molar-refractivity contribution is -0.111. The fourth-order valence-electron chi connectivity index (χ4n) is 4.67. The van der Waals surface area contributed by atoms with Crippen molar-refractivity contribution in [1.82, 2.24) is 24.6 Å². The average molecular weight is 513 g/mol. The van der Waals surface area contributed by atoms with E-state index in [0.717, 1.165) is 47.5 Å². The minimum Gasteiger partial charge on any atom is -0.494 e. The second-order valence-corrected chi connectivity index (χ2v) is 9.49. The molecule has 0 aliphatic carbocycles. The minimum absolute atomic E-state index is 0.278. The van der Waals surface area contributed by atoms with Crippen LogP contribution in [0, 0.1) is 0 Å². The fraction of sp³-hybridized carbons (Fsp3) is 0.286. The number of piperazine rings is 1. The van der Waals surface area contributed by atoms with Gasteiger partial charge in [0.2, 0.25) is 5.91 Å². The summed E-state index contributed by atoms with van der Waals surface area (Å²) < 4.78 is 7.60. The molecule has 0 spiro atoms. The molecule has 196 valence electrons. The van der Waals surface area contributed by atoms with Gasteiger partial charge in [-0.15, -0.1) is 0 Å². The summed E-state index contributed by atoms with van der Waals surface area (Å²) in [5.74, 6) is 0.958. The van der Waals surface area contributed by atoms with Crippen LogP contribution in [0.5, 0.6) is 5.75 Å². The molecular formula is C28H32N8O2. The Morgan fingerprint density at radius 2 is 1.97 bits per heavy atom. The van der Waals surface area contributed by atoms with Gasteiger partial charge in [-0.05, 0) is 32.2 Å². The molecule has 2 aromatic carbocycles. The van der Waals surface area contributed by atoms with Crippen molar-refractivity contribution in [1.29, 1.82) is 0 Å². The lowest BCUT2D eigenvalue weighted by atomic mass is 10.1. The van der Waals surface area contributed by atoms with Gasteiger partial charge >= 0.3 is 0 Å². The number of rotatable bonds is 7. The van der Waals surface area contributed by atoms with E-state index in [1.54, 1.807) is 7.11 Å². The van der Waals surface area contributed by atoms with Crippen LogP contribution in [0.15, 0.2) is 61.6 Å². The first kappa shape index (κ1) is 25.2. The van der Waals surface area contributed by atoms with Crippen LogP contribution in [0.4, 0.5) is 22.9 Å². The van der Waals surface area contributed by atoms with E-state index in [9.17, 15) is 4.79 Å². The molecule has 1 aliphatic rings. The Balaban J connectivity index is 1.49. The van der Waals surface area contributed by atoms with Crippen LogP contribution in [-0.4, -0.2) is 70.4 Å². The predicted octanol–water partition coefficient (Wildman–Crippen LogP) is 4.05. The van der Waals surface area contributed by atoms with Crippen LogP contribution < -0.4 is 20.3 Å². The molecule has 38 heavy (non-hydrogen) atoms. The number of benzene rings is 2. The Hall–Kier alpha value is -4.44. The van der Waals surface area contributed by atoms with Crippen LogP contribution in [0.25, 0.3) is 22.2 Å². The van der Waals surface area contributed by atoms with E-state index in [1.807, 2.05) is 48.3 Å². The van der Waals surface area contributed by atoms with Crippen molar-refractivity contribution >= 4 is 39.7 Å². The second-order valence-electron chi connectivity index (χ2n) is 9.49. The molecule has 10 heteroatoms. The molecule has 0 radical (unpaired) electrons. The van der Waals surface area contributed by atoms with Crippen molar-refractivity contribution < 1.29 is 9.53 Å². The van der Waals surface area contributed by atoms with E-state index < -0.39 is 0 Å². The molecule has 1 atom stereocenters. The fourth-order valence-corrected chi connectivity index (χ4v) is 4.67. The van der Waals surface area contributed by atoms with E-state index in [0.29, 0.717) is 29.0 Å². The number of amides is 1. The van der Waals surface area contributed by atoms with Gasteiger partial charge in [0.25, 0.3) is 0 Å². The summed E-state index contributed by atoms with van der Waals surface area (Å²) in [5, 5.41) is 11.7. The summed E-state index contributed by atoms with van der Waals surface area (Å²) in [4.78, 5) is 25.8. The lowest BCUT2D eigenvalue weighted by Gasteiger charge is -2.39. The molecular weight excluding hydrogens is 480 g/mol. The Kier molecular flexibility index (Phi) is 6.97. The van der Waals surface area contributed by atoms with E-state index >= 15 is 0 Å². The van der Waals surface area contributed by atoms with Crippen molar-refractivity contribution in [3.8, 4) is 17.0 Å². The summed E-state index contributed by atoms with van der Waals surface area (Å²) >= 11 is 0. The smallest absolute Gasteiger partial charge is 0.247 e. The third-order valence-corrected chi connectivity index (χ3v) is 7.04.